The molecule has 0 aliphatic rings. The van der Waals surface area contributed by atoms with Gasteiger partial charge in [0.1, 0.15) is 5.82 Å². The smallest absolute Gasteiger partial charge is 0.275 e. The molecule has 0 bridgehead atoms. The predicted octanol–water partition coefficient (Wildman–Crippen LogP) is 3.92. The molecule has 1 amide bonds. The second kappa shape index (κ2) is 6.77. The van der Waals surface area contributed by atoms with Crippen LogP contribution in [-0.2, 0) is 5.75 Å². The van der Waals surface area contributed by atoms with Gasteiger partial charge in [-0.15, -0.1) is 11.3 Å². The highest BCUT2D eigenvalue weighted by Crippen LogP contribution is 2.36. The number of benzene rings is 1. The van der Waals surface area contributed by atoms with Crippen molar-refractivity contribution < 1.29 is 9.18 Å². The fourth-order valence-corrected chi connectivity index (χ4v) is 4.29. The molecule has 1 heterocycles. The van der Waals surface area contributed by atoms with Crippen LogP contribution in [0, 0.1) is 11.7 Å². The number of halogens is 1. The number of nitrogens with two attached hydrogens (primary N) is 1. The Morgan fingerprint density at radius 1 is 1.43 bits per heavy atom. The molecular weight excluding hydrogens is 307 g/mol. The topological polar surface area (TPSA) is 55.1 Å². The van der Waals surface area contributed by atoms with E-state index in [9.17, 15) is 9.18 Å². The van der Waals surface area contributed by atoms with E-state index in [0.29, 0.717) is 27.2 Å². The average Bonchev–Trinajstić information content (AvgIpc) is 2.83. The van der Waals surface area contributed by atoms with Gasteiger partial charge >= 0.3 is 0 Å². The largest absolute Gasteiger partial charge is 0.289 e. The van der Waals surface area contributed by atoms with E-state index >= 15 is 0 Å². The summed E-state index contributed by atoms with van der Waals surface area (Å²) in [6, 6.07) is 4.92. The lowest BCUT2D eigenvalue weighted by Crippen LogP contribution is -2.30. The van der Waals surface area contributed by atoms with Crippen molar-refractivity contribution in [2.24, 2.45) is 11.8 Å². The highest BCUT2D eigenvalue weighted by molar-refractivity contribution is 7.99. The summed E-state index contributed by atoms with van der Waals surface area (Å²) in [5.41, 5.74) is 2.90. The molecular formula is C15H19FN2OS2. The van der Waals surface area contributed by atoms with E-state index in [1.165, 1.54) is 17.4 Å². The van der Waals surface area contributed by atoms with E-state index in [1.54, 1.807) is 17.8 Å². The molecule has 0 radical (unpaired) electrons. The van der Waals surface area contributed by atoms with Gasteiger partial charge in [-0.2, -0.15) is 11.8 Å². The van der Waals surface area contributed by atoms with Crippen LogP contribution >= 0.6 is 23.1 Å². The number of hydrogen-bond donors (Lipinski definition) is 2. The lowest BCUT2D eigenvalue weighted by Gasteiger charge is -2.15. The molecule has 1 aromatic carbocycles. The van der Waals surface area contributed by atoms with Crippen LogP contribution in [0.4, 0.5) is 4.39 Å². The summed E-state index contributed by atoms with van der Waals surface area (Å²) in [6.45, 7) is 6.44. The van der Waals surface area contributed by atoms with Crippen molar-refractivity contribution in [1.82, 2.24) is 5.43 Å². The number of nitrogen functional groups attached to an aromatic ring is 1. The first-order chi connectivity index (χ1) is 9.95. The van der Waals surface area contributed by atoms with Crippen molar-refractivity contribution in [2.45, 2.75) is 31.8 Å². The maximum absolute atomic E-state index is 14.1. The Hall–Kier alpha value is -1.11. The Morgan fingerprint density at radius 3 is 2.76 bits per heavy atom. The number of hydrazine groups is 1. The van der Waals surface area contributed by atoms with Gasteiger partial charge in [-0.05, 0) is 23.6 Å². The number of thiophene rings is 1. The highest BCUT2D eigenvalue weighted by atomic mass is 32.2. The number of fused-ring (bicyclic) bond motifs is 1. The second-order valence-electron chi connectivity index (χ2n) is 5.26. The summed E-state index contributed by atoms with van der Waals surface area (Å²) in [5, 5.41) is 0.977. The molecule has 3 N–H and O–H groups in total. The van der Waals surface area contributed by atoms with Crippen molar-refractivity contribution >= 4 is 39.1 Å². The molecule has 0 saturated carbocycles. The van der Waals surface area contributed by atoms with E-state index in [4.69, 9.17) is 5.84 Å². The predicted molar refractivity (Wildman–Crippen MR) is 89.0 cm³/mol. The van der Waals surface area contributed by atoms with Gasteiger partial charge < -0.3 is 0 Å². The minimum absolute atomic E-state index is 0.285. The van der Waals surface area contributed by atoms with Gasteiger partial charge in [0.15, 0.2) is 0 Å². The van der Waals surface area contributed by atoms with Crippen LogP contribution in [0.2, 0.25) is 0 Å². The van der Waals surface area contributed by atoms with Crippen molar-refractivity contribution in [3.63, 3.8) is 0 Å². The Balaban J connectivity index is 2.45. The molecule has 0 saturated heterocycles. The third-order valence-electron chi connectivity index (χ3n) is 3.53. The van der Waals surface area contributed by atoms with Gasteiger partial charge in [-0.1, -0.05) is 26.8 Å². The van der Waals surface area contributed by atoms with Crippen LogP contribution in [0.3, 0.4) is 0 Å². The summed E-state index contributed by atoms with van der Waals surface area (Å²) in [5.74, 6) is 5.73. The lowest BCUT2D eigenvalue weighted by molar-refractivity contribution is 0.0957. The molecule has 21 heavy (non-hydrogen) atoms. The minimum Gasteiger partial charge on any atom is -0.289 e. The molecule has 1 atom stereocenters. The van der Waals surface area contributed by atoms with E-state index in [0.717, 1.165) is 10.3 Å². The number of amides is 1. The molecule has 2 aromatic rings. The summed E-state index contributed by atoms with van der Waals surface area (Å²) in [4.78, 5) is 12.4. The molecule has 0 aliphatic carbocycles. The normalized spacial score (nSPS) is 12.9. The summed E-state index contributed by atoms with van der Waals surface area (Å²) in [7, 11) is 0. The Morgan fingerprint density at radius 2 is 2.14 bits per heavy atom. The second-order valence-corrected chi connectivity index (χ2v) is 7.67. The molecule has 1 unspecified atom stereocenters. The van der Waals surface area contributed by atoms with Gasteiger partial charge in [-0.3, -0.25) is 10.2 Å². The number of carbonyl (C=O) groups excluding carboxylic acids is 1. The van der Waals surface area contributed by atoms with Crippen LogP contribution in [0.25, 0.3) is 10.1 Å². The standard InChI is InChI=1S/C15H19FN2OS2/c1-8(2)9(3)20-7-10-13-11(16)5-4-6-12(13)21-14(10)15(19)18-17/h4-6,8-9H,7,17H2,1-3H3,(H,18,19). The van der Waals surface area contributed by atoms with Gasteiger partial charge in [0.2, 0.25) is 0 Å². The van der Waals surface area contributed by atoms with E-state index in [-0.39, 0.29) is 11.7 Å². The first-order valence-corrected chi connectivity index (χ1v) is 8.64. The zero-order valence-corrected chi connectivity index (χ0v) is 13.9. The summed E-state index contributed by atoms with van der Waals surface area (Å²) < 4.78 is 14.9. The number of thioether (sulfide) groups is 1. The number of rotatable bonds is 5. The summed E-state index contributed by atoms with van der Waals surface area (Å²) >= 11 is 3.01. The molecule has 0 spiro atoms. The highest BCUT2D eigenvalue weighted by Gasteiger charge is 2.21. The number of carbonyl (C=O) groups is 1. The molecule has 1 aromatic heterocycles. The van der Waals surface area contributed by atoms with Crippen molar-refractivity contribution in [3.8, 4) is 0 Å². The summed E-state index contributed by atoms with van der Waals surface area (Å²) in [6.07, 6.45) is 0. The van der Waals surface area contributed by atoms with Crippen molar-refractivity contribution in [1.29, 1.82) is 0 Å². The van der Waals surface area contributed by atoms with Crippen LogP contribution in [0.1, 0.15) is 36.0 Å². The van der Waals surface area contributed by atoms with Gasteiger partial charge in [0.05, 0.1) is 4.88 Å². The average molecular weight is 326 g/mol. The van der Waals surface area contributed by atoms with Crippen LogP contribution in [0.5, 0.6) is 0 Å². The Labute approximate surface area is 132 Å². The Kier molecular flexibility index (Phi) is 5.24. The monoisotopic (exact) mass is 326 g/mol. The molecule has 0 fully saturated rings. The maximum Gasteiger partial charge on any atom is 0.275 e. The van der Waals surface area contributed by atoms with Crippen LogP contribution in [0.15, 0.2) is 18.2 Å². The third-order valence-corrected chi connectivity index (χ3v) is 6.25. The first kappa shape index (κ1) is 16.3. The van der Waals surface area contributed by atoms with Gasteiger partial charge in [0.25, 0.3) is 5.91 Å². The number of nitrogens with one attached hydrogen (secondary N) is 1. The zero-order chi connectivity index (χ0) is 15.6. The van der Waals surface area contributed by atoms with E-state index < -0.39 is 0 Å². The fraction of sp³-hybridized carbons (Fsp3) is 0.400. The third kappa shape index (κ3) is 3.39. The molecule has 114 valence electrons. The number of hydrogen-bond acceptors (Lipinski definition) is 4. The first-order valence-electron chi connectivity index (χ1n) is 6.78. The quantitative estimate of drug-likeness (QED) is 0.497. The minimum atomic E-state index is -0.358. The fourth-order valence-electron chi connectivity index (χ4n) is 1.96. The zero-order valence-electron chi connectivity index (χ0n) is 12.3. The molecule has 6 heteroatoms. The molecule has 3 nitrogen and oxygen atoms in total. The van der Waals surface area contributed by atoms with Gasteiger partial charge in [0, 0.05) is 21.1 Å². The SMILES string of the molecule is CC(C)C(C)SCc1c(C(=O)NN)sc2cccc(F)c12. The van der Waals surface area contributed by atoms with Crippen LogP contribution in [-0.4, -0.2) is 11.2 Å². The van der Waals surface area contributed by atoms with Crippen molar-refractivity contribution in [3.05, 3.63) is 34.5 Å². The Bertz CT molecular complexity index is 654. The maximum atomic E-state index is 14.1. The van der Waals surface area contributed by atoms with E-state index in [2.05, 4.69) is 26.2 Å². The molecule has 0 aliphatic heterocycles. The lowest BCUT2D eigenvalue weighted by atomic mass is 10.1. The van der Waals surface area contributed by atoms with E-state index in [1.807, 2.05) is 6.07 Å². The van der Waals surface area contributed by atoms with Crippen LogP contribution < -0.4 is 11.3 Å². The van der Waals surface area contributed by atoms with Gasteiger partial charge in [-0.25, -0.2) is 10.2 Å². The van der Waals surface area contributed by atoms with Crippen molar-refractivity contribution in [2.75, 3.05) is 0 Å². The molecule has 2 rings (SSSR count).